The maximum atomic E-state index is 12.6. The van der Waals surface area contributed by atoms with Crippen LogP contribution in [-0.2, 0) is 9.53 Å². The number of nitrogens with zero attached hydrogens (tertiary/aromatic N) is 2. The predicted octanol–water partition coefficient (Wildman–Crippen LogP) is 2.20. The lowest BCUT2D eigenvalue weighted by Gasteiger charge is -2.39. The van der Waals surface area contributed by atoms with Crippen molar-refractivity contribution in [2.24, 2.45) is 0 Å². The smallest absolute Gasteiger partial charge is 0.410 e. The van der Waals surface area contributed by atoms with Gasteiger partial charge in [-0.25, -0.2) is 9.59 Å². The highest BCUT2D eigenvalue weighted by atomic mass is 32.1. The van der Waals surface area contributed by atoms with E-state index in [1.165, 1.54) is 21.1 Å². The minimum Gasteiger partial charge on any atom is -0.480 e. The molecule has 2 heterocycles. The Balaban J connectivity index is 2.14. The standard InChI is InChI=1S/C16H22N2O5S/c1-10-5-8-24-12(10)13(19)18-7-6-17(9-11(18)14(20)21)15(22)23-16(2,3)4/h5,8,11H,6-7,9H2,1-4H3,(H,20,21)/t11-/m1/s1. The molecule has 0 radical (unpaired) electrons. The van der Waals surface area contributed by atoms with E-state index >= 15 is 0 Å². The molecule has 0 aromatic carbocycles. The second kappa shape index (κ2) is 6.80. The van der Waals surface area contributed by atoms with Gasteiger partial charge in [-0.2, -0.15) is 0 Å². The molecular formula is C16H22N2O5S. The Morgan fingerprint density at radius 2 is 1.96 bits per heavy atom. The van der Waals surface area contributed by atoms with Crippen molar-refractivity contribution in [3.05, 3.63) is 21.9 Å². The van der Waals surface area contributed by atoms with Crippen molar-refractivity contribution in [1.29, 1.82) is 0 Å². The highest BCUT2D eigenvalue weighted by molar-refractivity contribution is 7.12. The van der Waals surface area contributed by atoms with Gasteiger partial charge in [0, 0.05) is 13.1 Å². The van der Waals surface area contributed by atoms with Gasteiger partial charge in [0.1, 0.15) is 11.6 Å². The molecule has 1 N–H and O–H groups in total. The Labute approximate surface area is 144 Å². The lowest BCUT2D eigenvalue weighted by atomic mass is 10.1. The molecule has 1 aliphatic heterocycles. The fraction of sp³-hybridized carbons (Fsp3) is 0.562. The number of thiophene rings is 1. The summed E-state index contributed by atoms with van der Waals surface area (Å²) in [6.07, 6.45) is -0.562. The Bertz CT molecular complexity index is 649. The summed E-state index contributed by atoms with van der Waals surface area (Å²) in [6, 6.07) is 0.741. The fourth-order valence-corrected chi connectivity index (χ4v) is 3.33. The maximum Gasteiger partial charge on any atom is 0.410 e. The van der Waals surface area contributed by atoms with Crippen LogP contribution in [0.5, 0.6) is 0 Å². The minimum atomic E-state index is -1.13. The molecule has 1 atom stereocenters. The van der Waals surface area contributed by atoms with Gasteiger partial charge in [0.15, 0.2) is 0 Å². The number of hydrogen-bond acceptors (Lipinski definition) is 5. The normalized spacial score (nSPS) is 18.4. The Morgan fingerprint density at radius 1 is 1.29 bits per heavy atom. The van der Waals surface area contributed by atoms with Crippen molar-refractivity contribution >= 4 is 29.3 Å². The van der Waals surface area contributed by atoms with E-state index in [-0.39, 0.29) is 25.5 Å². The maximum absolute atomic E-state index is 12.6. The second-order valence-corrected chi connectivity index (χ2v) is 7.63. The number of carboxylic acid groups (broad SMARTS) is 1. The van der Waals surface area contributed by atoms with Crippen LogP contribution >= 0.6 is 11.3 Å². The van der Waals surface area contributed by atoms with Crippen molar-refractivity contribution in [1.82, 2.24) is 9.80 Å². The van der Waals surface area contributed by atoms with Crippen LogP contribution in [0.3, 0.4) is 0 Å². The summed E-state index contributed by atoms with van der Waals surface area (Å²) in [4.78, 5) is 39.6. The molecule has 1 fully saturated rings. The zero-order valence-corrected chi connectivity index (χ0v) is 15.1. The molecule has 7 nitrogen and oxygen atoms in total. The number of carbonyl (C=O) groups excluding carboxylic acids is 2. The molecule has 0 saturated carbocycles. The molecule has 1 aromatic heterocycles. The van der Waals surface area contributed by atoms with Gasteiger partial charge in [-0.05, 0) is 44.7 Å². The molecule has 2 rings (SSSR count). The molecule has 0 unspecified atom stereocenters. The van der Waals surface area contributed by atoms with Gasteiger partial charge < -0.3 is 19.6 Å². The first-order valence-corrected chi connectivity index (χ1v) is 8.54. The molecule has 132 valence electrons. The van der Waals surface area contributed by atoms with Crippen LogP contribution in [0.4, 0.5) is 4.79 Å². The first-order valence-electron chi connectivity index (χ1n) is 7.66. The van der Waals surface area contributed by atoms with Gasteiger partial charge in [0.25, 0.3) is 5.91 Å². The molecule has 1 saturated heterocycles. The fourth-order valence-electron chi connectivity index (χ4n) is 2.45. The number of piperazine rings is 1. The molecule has 1 aliphatic rings. The molecule has 2 amide bonds. The van der Waals surface area contributed by atoms with Crippen molar-refractivity contribution in [3.63, 3.8) is 0 Å². The monoisotopic (exact) mass is 354 g/mol. The molecular weight excluding hydrogens is 332 g/mol. The average Bonchev–Trinajstić information content (AvgIpc) is 2.90. The Kier molecular flexibility index (Phi) is 5.17. The first kappa shape index (κ1) is 18.3. The van der Waals surface area contributed by atoms with Crippen LogP contribution < -0.4 is 0 Å². The summed E-state index contributed by atoms with van der Waals surface area (Å²) in [5, 5.41) is 11.3. The summed E-state index contributed by atoms with van der Waals surface area (Å²) in [5.41, 5.74) is 0.167. The summed E-state index contributed by atoms with van der Waals surface area (Å²) in [6.45, 7) is 7.38. The molecule has 8 heteroatoms. The second-order valence-electron chi connectivity index (χ2n) is 6.71. The van der Waals surface area contributed by atoms with Crippen LogP contribution in [0.25, 0.3) is 0 Å². The average molecular weight is 354 g/mol. The van der Waals surface area contributed by atoms with Crippen LogP contribution in [0.2, 0.25) is 0 Å². The third kappa shape index (κ3) is 4.05. The number of hydrogen-bond donors (Lipinski definition) is 1. The summed E-state index contributed by atoms with van der Waals surface area (Å²) >= 11 is 1.29. The van der Waals surface area contributed by atoms with Gasteiger partial charge in [0.2, 0.25) is 0 Å². The zero-order chi connectivity index (χ0) is 18.1. The first-order chi connectivity index (χ1) is 11.1. The quantitative estimate of drug-likeness (QED) is 0.880. The zero-order valence-electron chi connectivity index (χ0n) is 14.2. The largest absolute Gasteiger partial charge is 0.480 e. The molecule has 1 aromatic rings. The van der Waals surface area contributed by atoms with Gasteiger partial charge in [-0.1, -0.05) is 0 Å². The highest BCUT2D eigenvalue weighted by Gasteiger charge is 2.39. The van der Waals surface area contributed by atoms with Crippen molar-refractivity contribution in [3.8, 4) is 0 Å². The van der Waals surface area contributed by atoms with E-state index in [1.54, 1.807) is 26.2 Å². The van der Waals surface area contributed by atoms with Gasteiger partial charge >= 0.3 is 12.1 Å². The van der Waals surface area contributed by atoms with Crippen LogP contribution in [0.15, 0.2) is 11.4 Å². The summed E-state index contributed by atoms with van der Waals surface area (Å²) in [5.74, 6) is -1.44. The van der Waals surface area contributed by atoms with E-state index in [4.69, 9.17) is 4.74 Å². The van der Waals surface area contributed by atoms with Crippen molar-refractivity contribution in [2.45, 2.75) is 39.3 Å². The lowest BCUT2D eigenvalue weighted by molar-refractivity contribution is -0.144. The van der Waals surface area contributed by atoms with Crippen molar-refractivity contribution < 1.29 is 24.2 Å². The van der Waals surface area contributed by atoms with Crippen LogP contribution in [-0.4, -0.2) is 64.2 Å². The number of rotatable bonds is 2. The van der Waals surface area contributed by atoms with E-state index in [9.17, 15) is 19.5 Å². The lowest BCUT2D eigenvalue weighted by Crippen LogP contribution is -2.59. The number of carboxylic acids is 1. The van der Waals surface area contributed by atoms with E-state index in [2.05, 4.69) is 0 Å². The van der Waals surface area contributed by atoms with E-state index < -0.39 is 23.7 Å². The van der Waals surface area contributed by atoms with Gasteiger partial charge in [-0.15, -0.1) is 11.3 Å². The number of amides is 2. The molecule has 24 heavy (non-hydrogen) atoms. The van der Waals surface area contributed by atoms with Crippen molar-refractivity contribution in [2.75, 3.05) is 19.6 Å². The SMILES string of the molecule is Cc1ccsc1C(=O)N1CCN(C(=O)OC(C)(C)C)C[C@@H]1C(=O)O. The van der Waals surface area contributed by atoms with E-state index in [1.807, 2.05) is 13.0 Å². The number of aliphatic carboxylic acids is 1. The van der Waals surface area contributed by atoms with Gasteiger partial charge in [0.05, 0.1) is 11.4 Å². The summed E-state index contributed by atoms with van der Waals surface area (Å²) < 4.78 is 5.29. The number of aryl methyl sites for hydroxylation is 1. The topological polar surface area (TPSA) is 87.2 Å². The third-order valence-electron chi connectivity index (χ3n) is 3.63. The molecule has 0 bridgehead atoms. The predicted molar refractivity (Wildman–Crippen MR) is 89.3 cm³/mol. The third-order valence-corrected chi connectivity index (χ3v) is 4.64. The Hall–Kier alpha value is -2.09. The summed E-state index contributed by atoms with van der Waals surface area (Å²) in [7, 11) is 0. The number of carbonyl (C=O) groups is 3. The Morgan fingerprint density at radius 3 is 2.46 bits per heavy atom. The van der Waals surface area contributed by atoms with E-state index in [0.29, 0.717) is 4.88 Å². The van der Waals surface area contributed by atoms with Crippen LogP contribution in [0, 0.1) is 6.92 Å². The van der Waals surface area contributed by atoms with Crippen LogP contribution in [0.1, 0.15) is 36.0 Å². The van der Waals surface area contributed by atoms with Gasteiger partial charge in [-0.3, -0.25) is 4.79 Å². The highest BCUT2D eigenvalue weighted by Crippen LogP contribution is 2.22. The van der Waals surface area contributed by atoms with E-state index in [0.717, 1.165) is 5.56 Å². The minimum absolute atomic E-state index is 0.0829. The molecule has 0 aliphatic carbocycles. The number of ether oxygens (including phenoxy) is 1. The molecule has 0 spiro atoms.